The molecule has 1 aromatic rings. The molecule has 1 saturated heterocycles. The lowest BCUT2D eigenvalue weighted by molar-refractivity contribution is -0.121. The standard InChI is InChI=1S/C21H29FN4O/c22-18-2-1-3-20(16-18)26-14-12-25(13-15-26)11-9-17-4-6-19(7-5-17)24-21(27)8-10-23/h1-3,16-17,19H,4-9,11-15H2,(H,24,27). The Kier molecular flexibility index (Phi) is 7.05. The molecular formula is C21H29FN4O. The van der Waals surface area contributed by atoms with E-state index in [1.807, 2.05) is 12.1 Å². The molecule has 0 aromatic heterocycles. The third-order valence-electron chi connectivity index (χ3n) is 5.85. The van der Waals surface area contributed by atoms with Crippen molar-refractivity contribution < 1.29 is 9.18 Å². The summed E-state index contributed by atoms with van der Waals surface area (Å²) in [6.07, 6.45) is 5.52. The first kappa shape index (κ1) is 19.6. The molecule has 1 aliphatic heterocycles. The number of hydrogen-bond donors (Lipinski definition) is 1. The van der Waals surface area contributed by atoms with Crippen molar-refractivity contribution in [2.24, 2.45) is 5.92 Å². The van der Waals surface area contributed by atoms with E-state index in [0.717, 1.165) is 70.0 Å². The van der Waals surface area contributed by atoms with Crippen molar-refractivity contribution in [1.29, 1.82) is 5.26 Å². The summed E-state index contributed by atoms with van der Waals surface area (Å²) in [6.45, 7) is 5.06. The van der Waals surface area contributed by atoms with E-state index >= 15 is 0 Å². The van der Waals surface area contributed by atoms with Gasteiger partial charge < -0.3 is 10.2 Å². The molecule has 1 aromatic carbocycles. The Labute approximate surface area is 161 Å². The van der Waals surface area contributed by atoms with Crippen LogP contribution in [0.25, 0.3) is 0 Å². The molecule has 3 rings (SSSR count). The number of hydrogen-bond acceptors (Lipinski definition) is 4. The Morgan fingerprint density at radius 1 is 1.19 bits per heavy atom. The number of nitriles is 1. The monoisotopic (exact) mass is 372 g/mol. The first-order valence-corrected chi connectivity index (χ1v) is 10.0. The quantitative estimate of drug-likeness (QED) is 0.834. The van der Waals surface area contributed by atoms with Crippen LogP contribution in [0.2, 0.25) is 0 Å². The predicted octanol–water partition coefficient (Wildman–Crippen LogP) is 2.93. The van der Waals surface area contributed by atoms with E-state index in [4.69, 9.17) is 5.26 Å². The van der Waals surface area contributed by atoms with Gasteiger partial charge in [0, 0.05) is 37.9 Å². The molecule has 6 heteroatoms. The van der Waals surface area contributed by atoms with E-state index < -0.39 is 0 Å². The zero-order chi connectivity index (χ0) is 19.1. The summed E-state index contributed by atoms with van der Waals surface area (Å²) in [6, 6.07) is 9.00. The van der Waals surface area contributed by atoms with Crippen LogP contribution in [0.15, 0.2) is 24.3 Å². The summed E-state index contributed by atoms with van der Waals surface area (Å²) in [4.78, 5) is 16.3. The largest absolute Gasteiger partial charge is 0.369 e. The van der Waals surface area contributed by atoms with Gasteiger partial charge in [-0.25, -0.2) is 4.39 Å². The lowest BCUT2D eigenvalue weighted by Crippen LogP contribution is -2.47. The van der Waals surface area contributed by atoms with E-state index in [-0.39, 0.29) is 24.2 Å². The van der Waals surface area contributed by atoms with Crippen LogP contribution in [0.3, 0.4) is 0 Å². The molecule has 2 fully saturated rings. The molecule has 0 atom stereocenters. The zero-order valence-electron chi connectivity index (χ0n) is 15.9. The SMILES string of the molecule is N#CCC(=O)NC1CCC(CCN2CCN(c3cccc(F)c3)CC2)CC1. The topological polar surface area (TPSA) is 59.4 Å². The first-order valence-electron chi connectivity index (χ1n) is 10.0. The minimum atomic E-state index is -0.172. The van der Waals surface area contributed by atoms with Crippen LogP contribution in [0, 0.1) is 23.1 Å². The maximum atomic E-state index is 13.4. The third-order valence-corrected chi connectivity index (χ3v) is 5.85. The van der Waals surface area contributed by atoms with Crippen molar-refractivity contribution in [2.45, 2.75) is 44.6 Å². The summed E-state index contributed by atoms with van der Waals surface area (Å²) in [5.41, 5.74) is 0.978. The highest BCUT2D eigenvalue weighted by molar-refractivity contribution is 5.78. The minimum absolute atomic E-state index is 0.0401. The number of piperazine rings is 1. The van der Waals surface area contributed by atoms with Gasteiger partial charge in [0.15, 0.2) is 0 Å². The molecule has 0 spiro atoms. The van der Waals surface area contributed by atoms with Crippen molar-refractivity contribution >= 4 is 11.6 Å². The van der Waals surface area contributed by atoms with E-state index in [1.165, 1.54) is 12.5 Å². The van der Waals surface area contributed by atoms with Crippen molar-refractivity contribution in [3.8, 4) is 6.07 Å². The van der Waals surface area contributed by atoms with Crippen molar-refractivity contribution in [1.82, 2.24) is 10.2 Å². The van der Waals surface area contributed by atoms with Crippen LogP contribution in [0.1, 0.15) is 38.5 Å². The highest BCUT2D eigenvalue weighted by Crippen LogP contribution is 2.27. The van der Waals surface area contributed by atoms with Crippen molar-refractivity contribution in [2.75, 3.05) is 37.6 Å². The van der Waals surface area contributed by atoms with Gasteiger partial charge in [0.2, 0.25) is 5.91 Å². The summed E-state index contributed by atoms with van der Waals surface area (Å²) in [7, 11) is 0. The van der Waals surface area contributed by atoms with Gasteiger partial charge in [0.1, 0.15) is 12.2 Å². The smallest absolute Gasteiger partial charge is 0.234 e. The Hall–Kier alpha value is -2.13. The molecule has 0 bridgehead atoms. The van der Waals surface area contributed by atoms with Gasteiger partial charge in [-0.3, -0.25) is 9.69 Å². The van der Waals surface area contributed by atoms with Crippen LogP contribution in [0.5, 0.6) is 0 Å². The number of anilines is 1. The average Bonchev–Trinajstić information content (AvgIpc) is 2.68. The number of halogens is 1. The second-order valence-corrected chi connectivity index (χ2v) is 7.72. The van der Waals surface area contributed by atoms with Gasteiger partial charge in [-0.05, 0) is 62.8 Å². The van der Waals surface area contributed by atoms with Crippen LogP contribution in [0.4, 0.5) is 10.1 Å². The molecule has 0 unspecified atom stereocenters. The molecule has 1 saturated carbocycles. The highest BCUT2D eigenvalue weighted by atomic mass is 19.1. The van der Waals surface area contributed by atoms with Gasteiger partial charge in [0.25, 0.3) is 0 Å². The van der Waals surface area contributed by atoms with Gasteiger partial charge in [-0.15, -0.1) is 0 Å². The summed E-state index contributed by atoms with van der Waals surface area (Å²) in [5.74, 6) is 0.418. The predicted molar refractivity (Wildman–Crippen MR) is 104 cm³/mol. The van der Waals surface area contributed by atoms with Crippen LogP contribution in [-0.2, 0) is 4.79 Å². The first-order chi connectivity index (χ1) is 13.1. The van der Waals surface area contributed by atoms with E-state index in [2.05, 4.69) is 15.1 Å². The number of amides is 1. The van der Waals surface area contributed by atoms with E-state index in [9.17, 15) is 9.18 Å². The van der Waals surface area contributed by atoms with Crippen LogP contribution in [-0.4, -0.2) is 49.6 Å². The van der Waals surface area contributed by atoms with Gasteiger partial charge in [0.05, 0.1) is 6.07 Å². The van der Waals surface area contributed by atoms with Gasteiger partial charge in [-0.1, -0.05) is 6.07 Å². The van der Waals surface area contributed by atoms with E-state index in [0.29, 0.717) is 0 Å². The zero-order valence-corrected chi connectivity index (χ0v) is 15.9. The molecule has 1 heterocycles. The molecular weight excluding hydrogens is 343 g/mol. The summed E-state index contributed by atoms with van der Waals surface area (Å²) < 4.78 is 13.4. The van der Waals surface area contributed by atoms with Gasteiger partial charge >= 0.3 is 0 Å². The maximum absolute atomic E-state index is 13.4. The van der Waals surface area contributed by atoms with E-state index in [1.54, 1.807) is 12.1 Å². The molecule has 2 aliphatic rings. The molecule has 5 nitrogen and oxygen atoms in total. The highest BCUT2D eigenvalue weighted by Gasteiger charge is 2.24. The number of carbonyl (C=O) groups is 1. The van der Waals surface area contributed by atoms with Gasteiger partial charge in [-0.2, -0.15) is 5.26 Å². The van der Waals surface area contributed by atoms with Crippen molar-refractivity contribution in [3.05, 3.63) is 30.1 Å². The second-order valence-electron chi connectivity index (χ2n) is 7.72. The molecule has 0 radical (unpaired) electrons. The van der Waals surface area contributed by atoms with Crippen molar-refractivity contribution in [3.63, 3.8) is 0 Å². The summed E-state index contributed by atoms with van der Waals surface area (Å²) in [5, 5.41) is 11.5. The fourth-order valence-electron chi connectivity index (χ4n) is 4.21. The Balaban J connectivity index is 1.33. The number of benzene rings is 1. The Morgan fingerprint density at radius 2 is 1.93 bits per heavy atom. The molecule has 146 valence electrons. The number of nitrogens with one attached hydrogen (secondary N) is 1. The average molecular weight is 372 g/mol. The minimum Gasteiger partial charge on any atom is -0.369 e. The van der Waals surface area contributed by atoms with Crippen LogP contribution < -0.4 is 10.2 Å². The number of rotatable bonds is 6. The fourth-order valence-corrected chi connectivity index (χ4v) is 4.21. The molecule has 1 aliphatic carbocycles. The third kappa shape index (κ3) is 5.93. The molecule has 27 heavy (non-hydrogen) atoms. The lowest BCUT2D eigenvalue weighted by atomic mass is 9.84. The lowest BCUT2D eigenvalue weighted by Gasteiger charge is -2.37. The second kappa shape index (κ2) is 9.70. The Bertz CT molecular complexity index is 658. The number of nitrogens with zero attached hydrogens (tertiary/aromatic N) is 3. The van der Waals surface area contributed by atoms with Crippen LogP contribution >= 0.6 is 0 Å². The summed E-state index contributed by atoms with van der Waals surface area (Å²) >= 11 is 0. The molecule has 1 N–H and O–H groups in total. The Morgan fingerprint density at radius 3 is 2.59 bits per heavy atom. The number of carbonyl (C=O) groups excluding carboxylic acids is 1. The normalized spacial score (nSPS) is 23.6. The molecule has 1 amide bonds. The maximum Gasteiger partial charge on any atom is 0.234 e. The fraction of sp³-hybridized carbons (Fsp3) is 0.619.